The highest BCUT2D eigenvalue weighted by Crippen LogP contribution is 2.49. The van der Waals surface area contributed by atoms with Crippen LogP contribution in [0.4, 0.5) is 5.82 Å². The summed E-state index contributed by atoms with van der Waals surface area (Å²) in [6, 6.07) is 1.48. The molecule has 1 aromatic rings. The second kappa shape index (κ2) is 7.05. The molecule has 2 bridgehead atoms. The molecule has 2 aliphatic rings. The number of nitrogens with zero attached hydrogens (tertiary/aromatic N) is 1. The van der Waals surface area contributed by atoms with Gasteiger partial charge in [0.05, 0.1) is 10.0 Å². The summed E-state index contributed by atoms with van der Waals surface area (Å²) in [6.45, 7) is -0.333. The number of rotatable bonds is 5. The zero-order valence-corrected chi connectivity index (χ0v) is 14.1. The topological polar surface area (TPSA) is 68.3 Å². The van der Waals surface area contributed by atoms with Crippen molar-refractivity contribution in [2.24, 2.45) is 17.8 Å². The lowest BCUT2D eigenvalue weighted by Crippen LogP contribution is -2.23. The van der Waals surface area contributed by atoms with Gasteiger partial charge in [0.15, 0.2) is 12.4 Å². The van der Waals surface area contributed by atoms with E-state index in [4.69, 9.17) is 27.9 Å². The third kappa shape index (κ3) is 4.15. The van der Waals surface area contributed by atoms with E-state index in [0.29, 0.717) is 23.3 Å². The van der Waals surface area contributed by atoms with Crippen molar-refractivity contribution >= 4 is 40.9 Å². The first-order valence-corrected chi connectivity index (χ1v) is 8.53. The molecule has 3 rings (SSSR count). The predicted octanol–water partition coefficient (Wildman–Crippen LogP) is 3.70. The van der Waals surface area contributed by atoms with E-state index in [1.165, 1.54) is 31.5 Å². The number of hydrogen-bond acceptors (Lipinski definition) is 4. The van der Waals surface area contributed by atoms with E-state index in [2.05, 4.69) is 10.3 Å². The number of pyridine rings is 1. The van der Waals surface area contributed by atoms with E-state index < -0.39 is 5.91 Å². The molecule has 7 heteroatoms. The third-order valence-electron chi connectivity index (χ3n) is 4.74. The Morgan fingerprint density at radius 3 is 2.78 bits per heavy atom. The van der Waals surface area contributed by atoms with Gasteiger partial charge in [-0.15, -0.1) is 0 Å². The van der Waals surface area contributed by atoms with Crippen LogP contribution in [0, 0.1) is 17.8 Å². The summed E-state index contributed by atoms with van der Waals surface area (Å²) in [7, 11) is 0. The Hall–Kier alpha value is -1.33. The fourth-order valence-corrected chi connectivity index (χ4v) is 4.15. The minimum absolute atomic E-state index is 0.199. The van der Waals surface area contributed by atoms with Gasteiger partial charge in [0, 0.05) is 12.6 Å². The molecule has 1 heterocycles. The van der Waals surface area contributed by atoms with Gasteiger partial charge in [0.1, 0.15) is 0 Å². The molecule has 3 atom stereocenters. The van der Waals surface area contributed by atoms with Crippen molar-refractivity contribution in [3.63, 3.8) is 0 Å². The van der Waals surface area contributed by atoms with Crippen LogP contribution in [0.25, 0.3) is 0 Å². The maximum atomic E-state index is 11.9. The zero-order valence-electron chi connectivity index (χ0n) is 12.6. The summed E-state index contributed by atoms with van der Waals surface area (Å²) in [5.41, 5.74) is 0. The van der Waals surface area contributed by atoms with Crippen LogP contribution < -0.4 is 5.32 Å². The number of ether oxygens (including phenoxy) is 1. The number of carbonyl (C=O) groups is 2. The molecule has 2 saturated carbocycles. The largest absolute Gasteiger partial charge is 0.456 e. The highest BCUT2D eigenvalue weighted by molar-refractivity contribution is 6.36. The van der Waals surface area contributed by atoms with Gasteiger partial charge in [-0.3, -0.25) is 9.59 Å². The van der Waals surface area contributed by atoms with Crippen LogP contribution in [0.5, 0.6) is 0 Å². The van der Waals surface area contributed by atoms with Crippen molar-refractivity contribution < 1.29 is 14.3 Å². The SMILES string of the molecule is O=C(COC(=O)C[C@H]1C[C@@H]2CC[C@@H]1C2)Nc1ncc(Cl)cc1Cl. The summed E-state index contributed by atoms with van der Waals surface area (Å²) in [6.07, 6.45) is 6.69. The molecule has 0 saturated heterocycles. The van der Waals surface area contributed by atoms with E-state index in [1.807, 2.05) is 0 Å². The molecule has 1 amide bonds. The van der Waals surface area contributed by atoms with Crippen LogP contribution in [0.1, 0.15) is 32.1 Å². The number of fused-ring (bicyclic) bond motifs is 2. The van der Waals surface area contributed by atoms with Crippen molar-refractivity contribution in [3.8, 4) is 0 Å². The van der Waals surface area contributed by atoms with Crippen LogP contribution in [-0.4, -0.2) is 23.5 Å². The van der Waals surface area contributed by atoms with Crippen LogP contribution >= 0.6 is 23.2 Å². The summed E-state index contributed by atoms with van der Waals surface area (Å²) < 4.78 is 5.06. The van der Waals surface area contributed by atoms with Crippen molar-refractivity contribution in [1.29, 1.82) is 0 Å². The molecule has 0 spiro atoms. The van der Waals surface area contributed by atoms with E-state index in [0.717, 1.165) is 12.3 Å². The fourth-order valence-electron chi connectivity index (χ4n) is 3.72. The average Bonchev–Trinajstić information content (AvgIpc) is 3.11. The highest BCUT2D eigenvalue weighted by Gasteiger charge is 2.40. The molecule has 124 valence electrons. The smallest absolute Gasteiger partial charge is 0.306 e. The van der Waals surface area contributed by atoms with Crippen molar-refractivity contribution in [2.75, 3.05) is 11.9 Å². The van der Waals surface area contributed by atoms with Gasteiger partial charge < -0.3 is 10.1 Å². The lowest BCUT2D eigenvalue weighted by Gasteiger charge is -2.20. The van der Waals surface area contributed by atoms with E-state index in [9.17, 15) is 9.59 Å². The Kier molecular flexibility index (Phi) is 5.07. The molecule has 0 aromatic carbocycles. The van der Waals surface area contributed by atoms with E-state index in [-0.39, 0.29) is 23.4 Å². The Morgan fingerprint density at radius 1 is 1.30 bits per heavy atom. The van der Waals surface area contributed by atoms with Crippen LogP contribution in [0.15, 0.2) is 12.3 Å². The van der Waals surface area contributed by atoms with E-state index in [1.54, 1.807) is 0 Å². The number of carbonyl (C=O) groups excluding carboxylic acids is 2. The quantitative estimate of drug-likeness (QED) is 0.816. The van der Waals surface area contributed by atoms with Gasteiger partial charge >= 0.3 is 5.97 Å². The lowest BCUT2D eigenvalue weighted by molar-refractivity contribution is -0.148. The van der Waals surface area contributed by atoms with Crippen LogP contribution in [0.3, 0.4) is 0 Å². The van der Waals surface area contributed by atoms with Crippen molar-refractivity contribution in [2.45, 2.75) is 32.1 Å². The number of esters is 1. The van der Waals surface area contributed by atoms with Crippen LogP contribution in [-0.2, 0) is 14.3 Å². The maximum absolute atomic E-state index is 11.9. The summed E-state index contributed by atoms with van der Waals surface area (Å²) in [5, 5.41) is 3.11. The predicted molar refractivity (Wildman–Crippen MR) is 87.4 cm³/mol. The van der Waals surface area contributed by atoms with Gasteiger partial charge in [-0.2, -0.15) is 0 Å². The first-order valence-electron chi connectivity index (χ1n) is 7.78. The highest BCUT2D eigenvalue weighted by atomic mass is 35.5. The summed E-state index contributed by atoms with van der Waals surface area (Å²) in [4.78, 5) is 27.6. The summed E-state index contributed by atoms with van der Waals surface area (Å²) >= 11 is 11.7. The van der Waals surface area contributed by atoms with Crippen LogP contribution in [0.2, 0.25) is 10.0 Å². The monoisotopic (exact) mass is 356 g/mol. The standard InChI is InChI=1S/C16H18Cl2N2O3/c17-12-6-13(18)16(19-7-12)20-14(21)8-23-15(22)5-11-4-9-1-2-10(11)3-9/h6-7,9-11H,1-5,8H2,(H,19,20,21)/t9-,10-,11-/m1/s1. The molecule has 1 aromatic heterocycles. The first-order chi connectivity index (χ1) is 11.0. The minimum atomic E-state index is -0.469. The van der Waals surface area contributed by atoms with Crippen molar-refractivity contribution in [3.05, 3.63) is 22.3 Å². The second-order valence-corrected chi connectivity index (χ2v) is 7.18. The number of anilines is 1. The molecule has 2 aliphatic carbocycles. The molecular formula is C16H18Cl2N2O3. The Bertz CT molecular complexity index is 623. The molecule has 0 unspecified atom stereocenters. The van der Waals surface area contributed by atoms with Gasteiger partial charge in [0.2, 0.25) is 0 Å². The normalized spacial score (nSPS) is 25.4. The summed E-state index contributed by atoms with van der Waals surface area (Å²) in [5.74, 6) is 1.30. The zero-order chi connectivity index (χ0) is 16.4. The Balaban J connectivity index is 1.42. The number of halogens is 2. The minimum Gasteiger partial charge on any atom is -0.456 e. The van der Waals surface area contributed by atoms with Gasteiger partial charge in [0.25, 0.3) is 5.91 Å². The molecule has 23 heavy (non-hydrogen) atoms. The Morgan fingerprint density at radius 2 is 2.13 bits per heavy atom. The lowest BCUT2D eigenvalue weighted by atomic mass is 9.86. The molecule has 0 aliphatic heterocycles. The van der Waals surface area contributed by atoms with Gasteiger partial charge in [-0.05, 0) is 43.1 Å². The van der Waals surface area contributed by atoms with Gasteiger partial charge in [-0.1, -0.05) is 29.6 Å². The first kappa shape index (κ1) is 16.5. The number of amides is 1. The van der Waals surface area contributed by atoms with Crippen molar-refractivity contribution in [1.82, 2.24) is 4.98 Å². The maximum Gasteiger partial charge on any atom is 0.306 e. The molecule has 1 N–H and O–H groups in total. The molecule has 0 radical (unpaired) electrons. The molecule has 5 nitrogen and oxygen atoms in total. The third-order valence-corrected chi connectivity index (χ3v) is 5.24. The number of nitrogens with one attached hydrogen (secondary N) is 1. The average molecular weight is 357 g/mol. The molecule has 2 fully saturated rings. The number of aromatic nitrogens is 1. The molecular weight excluding hydrogens is 339 g/mol. The fraction of sp³-hybridized carbons (Fsp3) is 0.562. The Labute approximate surface area is 144 Å². The second-order valence-electron chi connectivity index (χ2n) is 6.33. The van der Waals surface area contributed by atoms with Gasteiger partial charge in [-0.25, -0.2) is 4.98 Å². The number of hydrogen-bond donors (Lipinski definition) is 1. The van der Waals surface area contributed by atoms with E-state index >= 15 is 0 Å².